The molecule has 31 heavy (non-hydrogen) atoms. The molecule has 1 amide bonds. The molecule has 0 aromatic heterocycles. The van der Waals surface area contributed by atoms with Crippen LogP contribution in [0.25, 0.3) is 6.08 Å². The van der Waals surface area contributed by atoms with Crippen LogP contribution in [-0.2, 0) is 16.1 Å². The van der Waals surface area contributed by atoms with Gasteiger partial charge >= 0.3 is 5.97 Å². The molecule has 0 saturated heterocycles. The summed E-state index contributed by atoms with van der Waals surface area (Å²) in [6, 6.07) is 21.7. The van der Waals surface area contributed by atoms with Crippen LogP contribution in [-0.4, -0.2) is 18.7 Å². The Morgan fingerprint density at radius 2 is 1.71 bits per heavy atom. The Balaban J connectivity index is 1.57. The molecule has 0 atom stereocenters. The molecule has 0 aliphatic carbocycles. The first-order chi connectivity index (χ1) is 15.1. The molecular formula is C25H21NO5. The number of benzene rings is 3. The standard InChI is InChI=1S/C25H21NO5/c1-17-7-10-20(11-8-17)24(27)26-21(25(28)29-15-18-5-3-2-4-6-18)13-19-9-12-22-23(14-19)31-16-30-22/h2-14H,15-16H2,1H3,(H,26,27). The molecule has 0 bridgehead atoms. The Labute approximate surface area is 180 Å². The van der Waals surface area contributed by atoms with Gasteiger partial charge in [-0.15, -0.1) is 0 Å². The highest BCUT2D eigenvalue weighted by Crippen LogP contribution is 2.33. The number of fused-ring (bicyclic) bond motifs is 1. The second-order valence-corrected chi connectivity index (χ2v) is 7.05. The van der Waals surface area contributed by atoms with Crippen molar-refractivity contribution in [1.82, 2.24) is 5.32 Å². The van der Waals surface area contributed by atoms with Crippen molar-refractivity contribution in [3.05, 3.63) is 101 Å². The average molecular weight is 415 g/mol. The highest BCUT2D eigenvalue weighted by atomic mass is 16.7. The monoisotopic (exact) mass is 415 g/mol. The summed E-state index contributed by atoms with van der Waals surface area (Å²) in [4.78, 5) is 25.5. The van der Waals surface area contributed by atoms with Crippen molar-refractivity contribution in [2.75, 3.05) is 6.79 Å². The van der Waals surface area contributed by atoms with Gasteiger partial charge in [0.05, 0.1) is 0 Å². The number of ether oxygens (including phenoxy) is 3. The van der Waals surface area contributed by atoms with Crippen molar-refractivity contribution in [3.63, 3.8) is 0 Å². The summed E-state index contributed by atoms with van der Waals surface area (Å²) in [5.41, 5.74) is 3.02. The van der Waals surface area contributed by atoms with Crippen molar-refractivity contribution in [2.45, 2.75) is 13.5 Å². The van der Waals surface area contributed by atoms with E-state index in [1.165, 1.54) is 0 Å². The molecule has 0 radical (unpaired) electrons. The maximum atomic E-state index is 12.8. The number of carbonyl (C=O) groups is 2. The van der Waals surface area contributed by atoms with Gasteiger partial charge in [0.2, 0.25) is 6.79 Å². The quantitative estimate of drug-likeness (QED) is 0.482. The lowest BCUT2D eigenvalue weighted by Crippen LogP contribution is -2.28. The third-order valence-corrected chi connectivity index (χ3v) is 4.70. The Hall–Kier alpha value is -4.06. The van der Waals surface area contributed by atoms with E-state index in [2.05, 4.69) is 5.32 Å². The molecule has 4 rings (SSSR count). The molecule has 156 valence electrons. The molecule has 1 aliphatic rings. The van der Waals surface area contributed by atoms with Gasteiger partial charge in [-0.05, 0) is 48.4 Å². The van der Waals surface area contributed by atoms with E-state index >= 15 is 0 Å². The number of esters is 1. The molecule has 0 fully saturated rings. The van der Waals surface area contributed by atoms with E-state index in [-0.39, 0.29) is 19.1 Å². The van der Waals surface area contributed by atoms with Crippen LogP contribution < -0.4 is 14.8 Å². The van der Waals surface area contributed by atoms with Crippen molar-refractivity contribution < 1.29 is 23.8 Å². The van der Waals surface area contributed by atoms with E-state index in [1.807, 2.05) is 49.4 Å². The number of amides is 1. The van der Waals surface area contributed by atoms with Crippen LogP contribution >= 0.6 is 0 Å². The van der Waals surface area contributed by atoms with Crippen LogP contribution in [0, 0.1) is 6.92 Å². The molecule has 6 nitrogen and oxygen atoms in total. The zero-order chi connectivity index (χ0) is 21.6. The van der Waals surface area contributed by atoms with E-state index in [4.69, 9.17) is 14.2 Å². The maximum absolute atomic E-state index is 12.8. The smallest absolute Gasteiger partial charge is 0.355 e. The minimum Gasteiger partial charge on any atom is -0.456 e. The summed E-state index contributed by atoms with van der Waals surface area (Å²) in [6.45, 7) is 2.19. The van der Waals surface area contributed by atoms with E-state index in [0.717, 1.165) is 11.1 Å². The van der Waals surface area contributed by atoms with Crippen LogP contribution in [0.15, 0.2) is 78.5 Å². The van der Waals surface area contributed by atoms with Crippen molar-refractivity contribution in [3.8, 4) is 11.5 Å². The second-order valence-electron chi connectivity index (χ2n) is 7.05. The minimum atomic E-state index is -0.637. The number of aryl methyl sites for hydroxylation is 1. The molecule has 1 aliphatic heterocycles. The summed E-state index contributed by atoms with van der Waals surface area (Å²) in [7, 11) is 0. The average Bonchev–Trinajstić information content (AvgIpc) is 3.26. The molecule has 1 N–H and O–H groups in total. The SMILES string of the molecule is Cc1ccc(C(=O)NC(=Cc2ccc3c(c2)OCO3)C(=O)OCc2ccccc2)cc1. The predicted molar refractivity (Wildman–Crippen MR) is 115 cm³/mol. The zero-order valence-electron chi connectivity index (χ0n) is 17.0. The number of carbonyl (C=O) groups excluding carboxylic acids is 2. The molecule has 0 spiro atoms. The third kappa shape index (κ3) is 5.11. The largest absolute Gasteiger partial charge is 0.456 e. The van der Waals surface area contributed by atoms with Gasteiger partial charge in [-0.1, -0.05) is 54.1 Å². The first-order valence-corrected chi connectivity index (χ1v) is 9.79. The molecular weight excluding hydrogens is 394 g/mol. The Bertz CT molecular complexity index is 1120. The van der Waals surface area contributed by atoms with Crippen LogP contribution in [0.5, 0.6) is 11.5 Å². The summed E-state index contributed by atoms with van der Waals surface area (Å²) in [5, 5.41) is 2.68. The minimum absolute atomic E-state index is 0.0281. The Kier molecular flexibility index (Phi) is 5.98. The summed E-state index contributed by atoms with van der Waals surface area (Å²) in [6.07, 6.45) is 1.56. The van der Waals surface area contributed by atoms with E-state index in [0.29, 0.717) is 22.6 Å². The van der Waals surface area contributed by atoms with Crippen molar-refractivity contribution in [1.29, 1.82) is 0 Å². The lowest BCUT2D eigenvalue weighted by atomic mass is 10.1. The molecule has 0 saturated carbocycles. The molecule has 1 heterocycles. The van der Waals surface area contributed by atoms with Gasteiger partial charge in [0, 0.05) is 5.56 Å². The molecule has 6 heteroatoms. The van der Waals surface area contributed by atoms with Crippen LogP contribution in [0.2, 0.25) is 0 Å². The topological polar surface area (TPSA) is 73.9 Å². The summed E-state index contributed by atoms with van der Waals surface area (Å²) in [5.74, 6) is 0.176. The third-order valence-electron chi connectivity index (χ3n) is 4.70. The van der Waals surface area contributed by atoms with E-state index in [1.54, 1.807) is 36.4 Å². The molecule has 3 aromatic carbocycles. The number of hydrogen-bond acceptors (Lipinski definition) is 5. The Morgan fingerprint density at radius 3 is 2.48 bits per heavy atom. The lowest BCUT2D eigenvalue weighted by Gasteiger charge is -2.11. The van der Waals surface area contributed by atoms with Crippen molar-refractivity contribution in [2.24, 2.45) is 0 Å². The Morgan fingerprint density at radius 1 is 0.968 bits per heavy atom. The van der Waals surface area contributed by atoms with E-state index in [9.17, 15) is 9.59 Å². The normalized spacial score (nSPS) is 12.4. The van der Waals surface area contributed by atoms with Crippen LogP contribution in [0.1, 0.15) is 27.0 Å². The lowest BCUT2D eigenvalue weighted by molar-refractivity contribution is -0.140. The summed E-state index contributed by atoms with van der Waals surface area (Å²) >= 11 is 0. The molecule has 3 aromatic rings. The first-order valence-electron chi connectivity index (χ1n) is 9.79. The molecule has 0 unspecified atom stereocenters. The number of rotatable bonds is 6. The fraction of sp³-hybridized carbons (Fsp3) is 0.120. The van der Waals surface area contributed by atoms with Gasteiger partial charge in [-0.25, -0.2) is 4.79 Å². The fourth-order valence-electron chi connectivity index (χ4n) is 3.02. The number of nitrogens with one attached hydrogen (secondary N) is 1. The van der Waals surface area contributed by atoms with Gasteiger partial charge in [-0.2, -0.15) is 0 Å². The predicted octanol–water partition coefficient (Wildman–Crippen LogP) is 4.24. The van der Waals surface area contributed by atoms with Gasteiger partial charge in [0.15, 0.2) is 11.5 Å². The van der Waals surface area contributed by atoms with Gasteiger partial charge in [0.1, 0.15) is 12.3 Å². The summed E-state index contributed by atoms with van der Waals surface area (Å²) < 4.78 is 16.1. The maximum Gasteiger partial charge on any atom is 0.355 e. The van der Waals surface area contributed by atoms with Crippen LogP contribution in [0.3, 0.4) is 0 Å². The number of hydrogen-bond donors (Lipinski definition) is 1. The van der Waals surface area contributed by atoms with Gasteiger partial charge in [-0.3, -0.25) is 4.79 Å². The van der Waals surface area contributed by atoms with Crippen LogP contribution in [0.4, 0.5) is 0 Å². The highest BCUT2D eigenvalue weighted by Gasteiger charge is 2.18. The van der Waals surface area contributed by atoms with E-state index < -0.39 is 11.9 Å². The highest BCUT2D eigenvalue weighted by molar-refractivity contribution is 6.03. The van der Waals surface area contributed by atoms with Gasteiger partial charge in [0.25, 0.3) is 5.91 Å². The van der Waals surface area contributed by atoms with Crippen molar-refractivity contribution >= 4 is 18.0 Å². The first kappa shape index (κ1) is 20.2. The fourth-order valence-corrected chi connectivity index (χ4v) is 3.02. The second kappa shape index (κ2) is 9.17. The van der Waals surface area contributed by atoms with Gasteiger partial charge < -0.3 is 19.5 Å². The zero-order valence-corrected chi connectivity index (χ0v) is 17.0.